The van der Waals surface area contributed by atoms with Gasteiger partial charge < -0.3 is 14.8 Å². The Labute approximate surface area is 188 Å². The number of amides is 2. The molecule has 0 radical (unpaired) electrons. The van der Waals surface area contributed by atoms with Gasteiger partial charge >= 0.3 is 0 Å². The molecule has 0 saturated carbocycles. The van der Waals surface area contributed by atoms with Crippen molar-refractivity contribution in [2.24, 2.45) is 0 Å². The number of nitrogens with zero attached hydrogens (tertiary/aromatic N) is 4. The quantitative estimate of drug-likeness (QED) is 0.662. The Kier molecular flexibility index (Phi) is 5.57. The number of hydrogen-bond donors (Lipinski definition) is 1. The highest BCUT2D eigenvalue weighted by molar-refractivity contribution is 7.12. The molecule has 3 aromatic rings. The average Bonchev–Trinajstić information content (AvgIpc) is 3.39. The molecule has 0 aliphatic carbocycles. The van der Waals surface area contributed by atoms with Gasteiger partial charge in [0.15, 0.2) is 0 Å². The van der Waals surface area contributed by atoms with E-state index in [1.54, 1.807) is 29.3 Å². The molecular formula is C23H23N5O3S. The van der Waals surface area contributed by atoms with E-state index < -0.39 is 0 Å². The molecule has 0 atom stereocenters. The van der Waals surface area contributed by atoms with Gasteiger partial charge in [0.1, 0.15) is 11.5 Å². The maximum absolute atomic E-state index is 12.8. The molecule has 5 heterocycles. The zero-order valence-electron chi connectivity index (χ0n) is 17.5. The van der Waals surface area contributed by atoms with E-state index in [0.717, 1.165) is 18.5 Å². The second-order valence-corrected chi connectivity index (χ2v) is 9.06. The molecule has 32 heavy (non-hydrogen) atoms. The topological polar surface area (TPSA) is 99.3 Å². The van der Waals surface area contributed by atoms with Crippen LogP contribution in [0.3, 0.4) is 0 Å². The minimum atomic E-state index is -0.166. The molecule has 2 amide bonds. The lowest BCUT2D eigenvalue weighted by Crippen LogP contribution is -2.41. The van der Waals surface area contributed by atoms with E-state index in [0.29, 0.717) is 48.0 Å². The molecule has 3 aromatic heterocycles. The van der Waals surface area contributed by atoms with E-state index in [1.807, 2.05) is 22.4 Å². The van der Waals surface area contributed by atoms with Gasteiger partial charge in [-0.3, -0.25) is 19.4 Å². The van der Waals surface area contributed by atoms with Crippen molar-refractivity contribution in [1.29, 1.82) is 0 Å². The van der Waals surface area contributed by atoms with Gasteiger partial charge in [0.25, 0.3) is 17.4 Å². The Morgan fingerprint density at radius 2 is 1.88 bits per heavy atom. The molecule has 8 nitrogen and oxygen atoms in total. The summed E-state index contributed by atoms with van der Waals surface area (Å²) in [6.45, 7) is 2.04. The Morgan fingerprint density at radius 3 is 2.59 bits per heavy atom. The Bertz CT molecular complexity index is 1180. The molecule has 2 aliphatic heterocycles. The summed E-state index contributed by atoms with van der Waals surface area (Å²) in [6.07, 6.45) is 3.67. The first kappa shape index (κ1) is 20.6. The molecule has 1 fully saturated rings. The van der Waals surface area contributed by atoms with E-state index in [4.69, 9.17) is 4.98 Å². The van der Waals surface area contributed by atoms with E-state index in [9.17, 15) is 14.4 Å². The first-order valence-electron chi connectivity index (χ1n) is 10.7. The third-order valence-electron chi connectivity index (χ3n) is 6.16. The van der Waals surface area contributed by atoms with E-state index in [1.165, 1.54) is 11.3 Å². The molecule has 2 aliphatic rings. The van der Waals surface area contributed by atoms with Crippen molar-refractivity contribution in [3.8, 4) is 0 Å². The fourth-order valence-corrected chi connectivity index (χ4v) is 5.07. The SMILES string of the molecule is O=C(c1ccccn1)N1CCC(c2nc3c(c(=O)[nH]2)CN(C(=O)c2cccs2)CC3)CC1. The third kappa shape index (κ3) is 3.95. The van der Waals surface area contributed by atoms with Crippen molar-refractivity contribution in [2.75, 3.05) is 19.6 Å². The van der Waals surface area contributed by atoms with E-state index in [-0.39, 0.29) is 29.8 Å². The van der Waals surface area contributed by atoms with Crippen molar-refractivity contribution in [2.45, 2.75) is 31.7 Å². The number of carbonyl (C=O) groups excluding carboxylic acids is 2. The van der Waals surface area contributed by atoms with Crippen LogP contribution in [-0.4, -0.2) is 56.2 Å². The van der Waals surface area contributed by atoms with Gasteiger partial charge in [0.2, 0.25) is 0 Å². The maximum Gasteiger partial charge on any atom is 0.272 e. The van der Waals surface area contributed by atoms with Crippen LogP contribution in [0, 0.1) is 0 Å². The first-order chi connectivity index (χ1) is 15.6. The predicted molar refractivity (Wildman–Crippen MR) is 120 cm³/mol. The molecule has 0 spiro atoms. The standard InChI is InChI=1S/C23H23N5O3S/c29-21-16-14-28(23(31)19-5-3-13-32-19)12-8-17(16)25-20(26-21)15-6-10-27(11-7-15)22(30)18-4-1-2-9-24-18/h1-5,9,13,15H,6-8,10-12,14H2,(H,25,26,29). The highest BCUT2D eigenvalue weighted by Crippen LogP contribution is 2.27. The molecule has 1 saturated heterocycles. The minimum Gasteiger partial charge on any atom is -0.337 e. The number of fused-ring (bicyclic) bond motifs is 1. The fourth-order valence-electron chi connectivity index (χ4n) is 4.37. The summed E-state index contributed by atoms with van der Waals surface area (Å²) in [5.74, 6) is 0.689. The van der Waals surface area contributed by atoms with Crippen molar-refractivity contribution < 1.29 is 9.59 Å². The largest absolute Gasteiger partial charge is 0.337 e. The number of hydrogen-bond acceptors (Lipinski definition) is 6. The molecule has 9 heteroatoms. The van der Waals surface area contributed by atoms with Crippen molar-refractivity contribution in [3.63, 3.8) is 0 Å². The first-order valence-corrected chi connectivity index (χ1v) is 11.6. The lowest BCUT2D eigenvalue weighted by molar-refractivity contribution is 0.0701. The number of pyridine rings is 1. The van der Waals surface area contributed by atoms with Crippen molar-refractivity contribution in [3.05, 3.63) is 79.9 Å². The summed E-state index contributed by atoms with van der Waals surface area (Å²) >= 11 is 1.41. The van der Waals surface area contributed by atoms with Crippen LogP contribution < -0.4 is 5.56 Å². The van der Waals surface area contributed by atoms with Crippen molar-refractivity contribution in [1.82, 2.24) is 24.8 Å². The molecular weight excluding hydrogens is 426 g/mol. The van der Waals surface area contributed by atoms with Gasteiger partial charge in [0.05, 0.1) is 22.7 Å². The van der Waals surface area contributed by atoms with Crippen LogP contribution in [0.4, 0.5) is 0 Å². The van der Waals surface area contributed by atoms with Gasteiger partial charge in [0, 0.05) is 38.2 Å². The average molecular weight is 450 g/mol. The number of aromatic amines is 1. The minimum absolute atomic E-state index is 0.0425. The number of rotatable bonds is 3. The van der Waals surface area contributed by atoms with Crippen LogP contribution >= 0.6 is 11.3 Å². The zero-order chi connectivity index (χ0) is 22.1. The Hall–Kier alpha value is -3.33. The molecule has 0 aromatic carbocycles. The maximum atomic E-state index is 12.8. The molecule has 164 valence electrons. The smallest absolute Gasteiger partial charge is 0.272 e. The molecule has 1 N–H and O–H groups in total. The summed E-state index contributed by atoms with van der Waals surface area (Å²) < 4.78 is 0. The molecule has 0 unspecified atom stereocenters. The van der Waals surface area contributed by atoms with Crippen LogP contribution in [0.1, 0.15) is 56.0 Å². The van der Waals surface area contributed by atoms with Gasteiger partial charge in [-0.15, -0.1) is 11.3 Å². The number of aromatic nitrogens is 3. The summed E-state index contributed by atoms with van der Waals surface area (Å²) in [5.41, 5.74) is 1.65. The highest BCUT2D eigenvalue weighted by atomic mass is 32.1. The Balaban J connectivity index is 1.27. The fraction of sp³-hybridized carbons (Fsp3) is 0.348. The van der Waals surface area contributed by atoms with Crippen LogP contribution in [0.25, 0.3) is 0 Å². The van der Waals surface area contributed by atoms with Crippen LogP contribution in [-0.2, 0) is 13.0 Å². The third-order valence-corrected chi connectivity index (χ3v) is 7.02. The lowest BCUT2D eigenvalue weighted by Gasteiger charge is -2.32. The Morgan fingerprint density at radius 1 is 1.03 bits per heavy atom. The number of nitrogens with one attached hydrogen (secondary N) is 1. The zero-order valence-corrected chi connectivity index (χ0v) is 18.3. The lowest BCUT2D eigenvalue weighted by atomic mass is 9.95. The second-order valence-electron chi connectivity index (χ2n) is 8.11. The second kappa shape index (κ2) is 8.66. The summed E-state index contributed by atoms with van der Waals surface area (Å²) in [4.78, 5) is 54.2. The summed E-state index contributed by atoms with van der Waals surface area (Å²) in [7, 11) is 0. The number of piperidine rings is 1. The van der Waals surface area contributed by atoms with Gasteiger partial charge in [-0.2, -0.15) is 0 Å². The van der Waals surface area contributed by atoms with Crippen molar-refractivity contribution >= 4 is 23.2 Å². The number of carbonyl (C=O) groups is 2. The van der Waals surface area contributed by atoms with Gasteiger partial charge in [-0.1, -0.05) is 12.1 Å². The van der Waals surface area contributed by atoms with Crippen LogP contribution in [0.2, 0.25) is 0 Å². The van der Waals surface area contributed by atoms with Crippen LogP contribution in [0.15, 0.2) is 46.7 Å². The highest BCUT2D eigenvalue weighted by Gasteiger charge is 2.29. The number of likely N-dealkylation sites (tertiary alicyclic amines) is 1. The normalized spacial score (nSPS) is 16.6. The summed E-state index contributed by atoms with van der Waals surface area (Å²) in [5, 5.41) is 1.88. The van der Waals surface area contributed by atoms with Crippen LogP contribution in [0.5, 0.6) is 0 Å². The van der Waals surface area contributed by atoms with E-state index >= 15 is 0 Å². The molecule has 5 rings (SSSR count). The van der Waals surface area contributed by atoms with E-state index in [2.05, 4.69) is 9.97 Å². The summed E-state index contributed by atoms with van der Waals surface area (Å²) in [6, 6.07) is 8.98. The van der Waals surface area contributed by atoms with Gasteiger partial charge in [-0.05, 0) is 36.4 Å². The number of H-pyrrole nitrogens is 1. The number of thiophene rings is 1. The predicted octanol–water partition coefficient (Wildman–Crippen LogP) is 2.44. The monoisotopic (exact) mass is 449 g/mol. The molecule has 0 bridgehead atoms. The van der Waals surface area contributed by atoms with Gasteiger partial charge in [-0.25, -0.2) is 4.98 Å².